The molecule has 0 spiro atoms. The van der Waals surface area contributed by atoms with Gasteiger partial charge in [0.1, 0.15) is 0 Å². The van der Waals surface area contributed by atoms with E-state index in [2.05, 4.69) is 17.3 Å². The molecule has 0 atom stereocenters. The average Bonchev–Trinajstić information content (AvgIpc) is 2.84. The minimum atomic E-state index is -4.20. The number of thiazole rings is 1. The van der Waals surface area contributed by atoms with Crippen molar-refractivity contribution in [3.05, 3.63) is 45.9 Å². The second-order valence-corrected chi connectivity index (χ2v) is 6.46. The summed E-state index contributed by atoms with van der Waals surface area (Å²) in [4.78, 5) is 4.50. The Morgan fingerprint density at radius 2 is 1.95 bits per heavy atom. The summed E-state index contributed by atoms with van der Waals surface area (Å²) in [5, 5.41) is 3.19. The molecule has 0 aliphatic carbocycles. The van der Waals surface area contributed by atoms with E-state index in [1.165, 1.54) is 0 Å². The van der Waals surface area contributed by atoms with Crippen LogP contribution < -0.4 is 4.72 Å². The zero-order chi connectivity index (χ0) is 14.6. The fraction of sp³-hybridized carbons (Fsp3) is 0.308. The molecule has 1 heterocycles. The maximum Gasteiger partial charge on any atom is 0.357 e. The Kier molecular flexibility index (Phi) is 4.74. The zero-order valence-electron chi connectivity index (χ0n) is 11.0. The molecule has 2 N–H and O–H groups in total. The van der Waals surface area contributed by atoms with Gasteiger partial charge in [-0.15, -0.1) is 11.3 Å². The lowest BCUT2D eigenvalue weighted by Crippen LogP contribution is -2.10. The van der Waals surface area contributed by atoms with Crippen molar-refractivity contribution in [1.82, 2.24) is 4.98 Å². The van der Waals surface area contributed by atoms with Crippen LogP contribution in [-0.4, -0.2) is 18.0 Å². The molecule has 0 radical (unpaired) electrons. The molecule has 1 aromatic carbocycles. The van der Waals surface area contributed by atoms with Crippen LogP contribution in [0.4, 0.5) is 5.69 Å². The summed E-state index contributed by atoms with van der Waals surface area (Å²) in [6.45, 7) is 2.08. The lowest BCUT2D eigenvalue weighted by molar-refractivity contribution is 0.489. The van der Waals surface area contributed by atoms with Gasteiger partial charge in [-0.3, -0.25) is 9.27 Å². The van der Waals surface area contributed by atoms with Gasteiger partial charge in [0.25, 0.3) is 0 Å². The number of hydrogen-bond donors (Lipinski definition) is 2. The highest BCUT2D eigenvalue weighted by atomic mass is 32.2. The van der Waals surface area contributed by atoms with E-state index in [0.29, 0.717) is 5.69 Å². The van der Waals surface area contributed by atoms with Gasteiger partial charge >= 0.3 is 10.3 Å². The van der Waals surface area contributed by atoms with E-state index >= 15 is 0 Å². The molecule has 1 aromatic heterocycles. The number of nitrogens with one attached hydrogen (secondary N) is 1. The van der Waals surface area contributed by atoms with Crippen molar-refractivity contribution in [2.75, 3.05) is 4.72 Å². The molecular weight excluding hydrogens is 296 g/mol. The van der Waals surface area contributed by atoms with Crippen LogP contribution in [-0.2, 0) is 29.6 Å². The van der Waals surface area contributed by atoms with E-state index in [1.807, 2.05) is 16.9 Å². The Labute approximate surface area is 122 Å². The normalized spacial score (nSPS) is 11.5. The predicted octanol–water partition coefficient (Wildman–Crippen LogP) is 2.71. The Morgan fingerprint density at radius 3 is 2.50 bits per heavy atom. The Hall–Kier alpha value is -1.44. The van der Waals surface area contributed by atoms with Crippen LogP contribution in [0.1, 0.15) is 23.2 Å². The van der Waals surface area contributed by atoms with Crippen LogP contribution in [0.2, 0.25) is 0 Å². The number of rotatable bonds is 6. The van der Waals surface area contributed by atoms with Crippen LogP contribution in [0.5, 0.6) is 0 Å². The molecule has 20 heavy (non-hydrogen) atoms. The van der Waals surface area contributed by atoms with Gasteiger partial charge in [-0.1, -0.05) is 19.1 Å². The average molecular weight is 312 g/mol. The summed E-state index contributed by atoms with van der Waals surface area (Å²) in [7, 11) is -4.20. The molecule has 0 amide bonds. The van der Waals surface area contributed by atoms with Crippen molar-refractivity contribution in [1.29, 1.82) is 0 Å². The van der Waals surface area contributed by atoms with Crippen molar-refractivity contribution in [2.45, 2.75) is 26.2 Å². The second-order valence-electron chi connectivity index (χ2n) is 4.36. The zero-order valence-corrected chi connectivity index (χ0v) is 12.7. The number of anilines is 1. The van der Waals surface area contributed by atoms with Gasteiger partial charge in [0, 0.05) is 11.8 Å². The van der Waals surface area contributed by atoms with E-state index in [9.17, 15) is 8.42 Å². The third-order valence-corrected chi connectivity index (χ3v) is 4.24. The minimum Gasteiger partial charge on any atom is -0.269 e. The van der Waals surface area contributed by atoms with Gasteiger partial charge in [-0.2, -0.15) is 8.42 Å². The summed E-state index contributed by atoms with van der Waals surface area (Å²) in [6, 6.07) is 6.93. The number of benzene rings is 1. The predicted molar refractivity (Wildman–Crippen MR) is 80.5 cm³/mol. The van der Waals surface area contributed by atoms with Gasteiger partial charge in [0.15, 0.2) is 0 Å². The third-order valence-electron chi connectivity index (χ3n) is 2.79. The third kappa shape index (κ3) is 4.59. The highest BCUT2D eigenvalue weighted by molar-refractivity contribution is 7.87. The molecule has 108 valence electrons. The number of aryl methyl sites for hydroxylation is 3. The molecule has 7 heteroatoms. The molecule has 0 aliphatic rings. The summed E-state index contributed by atoms with van der Waals surface area (Å²) in [6.07, 6.45) is 2.67. The van der Waals surface area contributed by atoms with Crippen LogP contribution >= 0.6 is 11.3 Å². The first kappa shape index (κ1) is 15.0. The van der Waals surface area contributed by atoms with Crippen molar-refractivity contribution in [3.63, 3.8) is 0 Å². The quantitative estimate of drug-likeness (QED) is 0.804. The number of hydrogen-bond acceptors (Lipinski definition) is 4. The van der Waals surface area contributed by atoms with Gasteiger partial charge < -0.3 is 0 Å². The highest BCUT2D eigenvalue weighted by Gasteiger charge is 2.04. The molecule has 2 rings (SSSR count). The van der Waals surface area contributed by atoms with Crippen LogP contribution in [0.3, 0.4) is 0 Å². The largest absolute Gasteiger partial charge is 0.357 e. The Balaban J connectivity index is 1.93. The monoisotopic (exact) mass is 312 g/mol. The Morgan fingerprint density at radius 1 is 1.25 bits per heavy atom. The van der Waals surface area contributed by atoms with E-state index < -0.39 is 10.3 Å². The summed E-state index contributed by atoms with van der Waals surface area (Å²) in [5.74, 6) is 0. The smallest absolute Gasteiger partial charge is 0.269 e. The molecule has 2 aromatic rings. The fourth-order valence-corrected chi connectivity index (χ4v) is 3.08. The molecule has 0 fully saturated rings. The van der Waals surface area contributed by atoms with Crippen LogP contribution in [0.15, 0.2) is 29.6 Å². The number of aromatic nitrogens is 1. The van der Waals surface area contributed by atoms with E-state index in [1.54, 1.807) is 23.5 Å². The fourth-order valence-electron chi connectivity index (χ4n) is 1.77. The van der Waals surface area contributed by atoms with Gasteiger partial charge in [0.2, 0.25) is 0 Å². The van der Waals surface area contributed by atoms with Crippen LogP contribution in [0.25, 0.3) is 0 Å². The van der Waals surface area contributed by atoms with Gasteiger partial charge in [-0.25, -0.2) is 4.98 Å². The Bertz CT molecular complexity index is 663. The van der Waals surface area contributed by atoms with E-state index in [0.717, 1.165) is 35.5 Å². The lowest BCUT2D eigenvalue weighted by Gasteiger charge is -2.04. The molecule has 0 saturated heterocycles. The van der Waals surface area contributed by atoms with Gasteiger partial charge in [0.05, 0.1) is 16.4 Å². The van der Waals surface area contributed by atoms with Crippen molar-refractivity contribution >= 4 is 27.3 Å². The standard InChI is InChI=1S/C13H16N2O3S2/c1-2-11-9-19-13(14-11)8-5-10-3-6-12(7-4-10)15-20(16,17)18/h3-4,6-7,9,15H,2,5,8H2,1H3,(H,16,17,18). The first-order valence-electron chi connectivity index (χ1n) is 6.23. The number of nitrogens with zero attached hydrogens (tertiary/aromatic N) is 1. The lowest BCUT2D eigenvalue weighted by atomic mass is 10.1. The topological polar surface area (TPSA) is 79.3 Å². The van der Waals surface area contributed by atoms with Crippen LogP contribution in [0, 0.1) is 0 Å². The molecule has 0 bridgehead atoms. The van der Waals surface area contributed by atoms with E-state index in [4.69, 9.17) is 4.55 Å². The summed E-state index contributed by atoms with van der Waals surface area (Å²) < 4.78 is 32.0. The van der Waals surface area contributed by atoms with Crippen molar-refractivity contribution in [3.8, 4) is 0 Å². The molecule has 0 aliphatic heterocycles. The molecule has 5 nitrogen and oxygen atoms in total. The van der Waals surface area contributed by atoms with Gasteiger partial charge in [-0.05, 0) is 30.5 Å². The van der Waals surface area contributed by atoms with E-state index in [-0.39, 0.29) is 0 Å². The second kappa shape index (κ2) is 6.34. The SMILES string of the molecule is CCc1csc(CCc2ccc(NS(=O)(=O)O)cc2)n1. The van der Waals surface area contributed by atoms with Crippen molar-refractivity contribution in [2.24, 2.45) is 0 Å². The summed E-state index contributed by atoms with van der Waals surface area (Å²) in [5.41, 5.74) is 2.57. The maximum absolute atomic E-state index is 10.7. The first-order valence-corrected chi connectivity index (χ1v) is 8.55. The first-order chi connectivity index (χ1) is 9.46. The molecule has 0 saturated carbocycles. The highest BCUT2D eigenvalue weighted by Crippen LogP contribution is 2.15. The maximum atomic E-state index is 10.7. The minimum absolute atomic E-state index is 0.346. The summed E-state index contributed by atoms with van der Waals surface area (Å²) >= 11 is 1.67. The molecule has 0 unspecified atom stereocenters. The van der Waals surface area contributed by atoms with Crippen molar-refractivity contribution < 1.29 is 13.0 Å². The molecular formula is C13H16N2O3S2.